The number of nitrogens with zero attached hydrogens (tertiary/aromatic N) is 3. The van der Waals surface area contributed by atoms with Crippen LogP contribution in [0.4, 0.5) is 11.4 Å². The topological polar surface area (TPSA) is 95.1 Å². The van der Waals surface area contributed by atoms with Gasteiger partial charge in [0.15, 0.2) is 0 Å². The molecule has 2 heterocycles. The van der Waals surface area contributed by atoms with Crippen LogP contribution in [0.2, 0.25) is 0 Å². The highest BCUT2D eigenvalue weighted by atomic mass is 16.1. The van der Waals surface area contributed by atoms with Gasteiger partial charge in [-0.15, -0.1) is 0 Å². The number of aliphatic imine (C=N–C) groups is 1. The molecule has 3 aromatic carbocycles. The molecule has 0 saturated carbocycles. The predicted molar refractivity (Wildman–Crippen MR) is 145 cm³/mol. The third-order valence-electron chi connectivity index (χ3n) is 5.73. The summed E-state index contributed by atoms with van der Waals surface area (Å²) < 4.78 is 0. The summed E-state index contributed by atoms with van der Waals surface area (Å²) in [5, 5.41) is 14.5. The molecule has 0 unspecified atom stereocenters. The second-order valence-corrected chi connectivity index (χ2v) is 8.23. The van der Waals surface area contributed by atoms with Gasteiger partial charge in [0, 0.05) is 28.4 Å². The molecule has 7 nitrogen and oxygen atoms in total. The number of H-pyrrole nitrogens is 1. The van der Waals surface area contributed by atoms with Crippen molar-refractivity contribution in [2.24, 2.45) is 4.99 Å². The quantitative estimate of drug-likeness (QED) is 0.207. The van der Waals surface area contributed by atoms with Crippen LogP contribution in [0.1, 0.15) is 27.2 Å². The van der Waals surface area contributed by atoms with E-state index in [1.165, 1.54) is 0 Å². The van der Waals surface area contributed by atoms with E-state index in [2.05, 4.69) is 32.4 Å². The molecule has 0 aliphatic rings. The third kappa shape index (κ3) is 4.90. The summed E-state index contributed by atoms with van der Waals surface area (Å²) in [6, 6.07) is 26.6. The Morgan fingerprint density at radius 3 is 2.50 bits per heavy atom. The number of pyridine rings is 1. The van der Waals surface area contributed by atoms with E-state index < -0.39 is 0 Å². The lowest BCUT2D eigenvalue weighted by Crippen LogP contribution is -2.16. The van der Waals surface area contributed by atoms with Gasteiger partial charge in [0.2, 0.25) is 0 Å². The number of aromatic nitrogens is 3. The van der Waals surface area contributed by atoms with E-state index in [0.29, 0.717) is 28.5 Å². The van der Waals surface area contributed by atoms with Gasteiger partial charge >= 0.3 is 0 Å². The SMILES string of the molecule is C=C(/N=C(/Nc1ccc2[nH]ncc2c1)c1ccccc1C)c1ccccc1NC(=O)c1ccccn1. The Balaban J connectivity index is 1.50. The number of nitrogens with one attached hydrogen (secondary N) is 3. The minimum absolute atomic E-state index is 0.300. The van der Waals surface area contributed by atoms with E-state index in [0.717, 1.165) is 27.7 Å². The third-order valence-corrected chi connectivity index (χ3v) is 5.73. The number of anilines is 2. The molecule has 0 fully saturated rings. The predicted octanol–water partition coefficient (Wildman–Crippen LogP) is 6.05. The number of carbonyl (C=O) groups excluding carboxylic acids is 1. The molecule has 0 radical (unpaired) electrons. The zero-order chi connectivity index (χ0) is 24.9. The summed E-state index contributed by atoms with van der Waals surface area (Å²) in [6.07, 6.45) is 3.37. The number of carbonyl (C=O) groups is 1. The molecule has 1 amide bonds. The molecule has 5 aromatic rings. The fourth-order valence-corrected chi connectivity index (χ4v) is 3.87. The molecule has 0 spiro atoms. The molecule has 0 atom stereocenters. The number of aryl methyl sites for hydroxylation is 1. The molecule has 0 aliphatic heterocycles. The summed E-state index contributed by atoms with van der Waals surface area (Å²) in [4.78, 5) is 21.8. The number of fused-ring (bicyclic) bond motifs is 1. The normalized spacial score (nSPS) is 11.3. The van der Waals surface area contributed by atoms with E-state index in [1.807, 2.05) is 73.7 Å². The second kappa shape index (κ2) is 10.1. The van der Waals surface area contributed by atoms with E-state index >= 15 is 0 Å². The highest BCUT2D eigenvalue weighted by Gasteiger charge is 2.14. The molecule has 176 valence electrons. The monoisotopic (exact) mass is 472 g/mol. The Morgan fingerprint density at radius 2 is 1.69 bits per heavy atom. The maximum absolute atomic E-state index is 12.7. The van der Waals surface area contributed by atoms with Crippen molar-refractivity contribution in [3.8, 4) is 0 Å². The van der Waals surface area contributed by atoms with Crippen molar-refractivity contribution in [3.63, 3.8) is 0 Å². The summed E-state index contributed by atoms with van der Waals surface area (Å²) >= 11 is 0. The van der Waals surface area contributed by atoms with Crippen molar-refractivity contribution in [1.82, 2.24) is 15.2 Å². The number of rotatable bonds is 6. The van der Waals surface area contributed by atoms with Gasteiger partial charge in [0.05, 0.1) is 23.1 Å². The van der Waals surface area contributed by atoms with Crippen LogP contribution in [0.15, 0.2) is 109 Å². The van der Waals surface area contributed by atoms with Crippen molar-refractivity contribution >= 4 is 39.7 Å². The maximum atomic E-state index is 12.7. The summed E-state index contributed by atoms with van der Waals surface area (Å²) in [5.74, 6) is 0.345. The largest absolute Gasteiger partial charge is 0.340 e. The van der Waals surface area contributed by atoms with Crippen LogP contribution >= 0.6 is 0 Å². The van der Waals surface area contributed by atoms with Gasteiger partial charge in [-0.25, -0.2) is 4.99 Å². The molecule has 0 aliphatic carbocycles. The van der Waals surface area contributed by atoms with Crippen molar-refractivity contribution in [2.75, 3.05) is 10.6 Å². The van der Waals surface area contributed by atoms with E-state index in [4.69, 9.17) is 4.99 Å². The fourth-order valence-electron chi connectivity index (χ4n) is 3.87. The number of amidine groups is 1. The minimum Gasteiger partial charge on any atom is -0.340 e. The van der Waals surface area contributed by atoms with Gasteiger partial charge < -0.3 is 10.6 Å². The minimum atomic E-state index is -0.300. The first-order valence-corrected chi connectivity index (χ1v) is 11.4. The van der Waals surface area contributed by atoms with Crippen LogP contribution in [-0.2, 0) is 0 Å². The Labute approximate surface area is 208 Å². The number of hydrogen-bond donors (Lipinski definition) is 3. The average molecular weight is 473 g/mol. The lowest BCUT2D eigenvalue weighted by atomic mass is 10.1. The maximum Gasteiger partial charge on any atom is 0.274 e. The Hall–Kier alpha value is -5.04. The van der Waals surface area contributed by atoms with Gasteiger partial charge in [-0.3, -0.25) is 14.9 Å². The Morgan fingerprint density at radius 1 is 0.917 bits per heavy atom. The molecular weight excluding hydrogens is 448 g/mol. The number of aromatic amines is 1. The van der Waals surface area contributed by atoms with E-state index in [-0.39, 0.29) is 5.91 Å². The molecular formula is C29H24N6O. The van der Waals surface area contributed by atoms with Crippen molar-refractivity contribution < 1.29 is 4.79 Å². The zero-order valence-corrected chi connectivity index (χ0v) is 19.7. The fraction of sp³-hybridized carbons (Fsp3) is 0.0345. The first-order valence-electron chi connectivity index (χ1n) is 11.4. The van der Waals surface area contributed by atoms with Gasteiger partial charge in [-0.2, -0.15) is 5.10 Å². The number of benzene rings is 3. The first-order chi connectivity index (χ1) is 17.6. The molecule has 5 rings (SSSR count). The molecule has 7 heteroatoms. The second-order valence-electron chi connectivity index (χ2n) is 8.23. The zero-order valence-electron chi connectivity index (χ0n) is 19.7. The summed E-state index contributed by atoms with van der Waals surface area (Å²) in [6.45, 7) is 6.27. The number of amides is 1. The van der Waals surface area contributed by atoms with Crippen LogP contribution in [0, 0.1) is 6.92 Å². The van der Waals surface area contributed by atoms with Gasteiger partial charge in [0.1, 0.15) is 11.5 Å². The standard InChI is InChI=1S/C29H24N6O/c1-19-9-3-4-10-23(19)28(33-22-14-15-25-21(17-22)18-31-35-25)32-20(2)24-11-5-6-12-26(24)34-29(36)27-13-7-8-16-30-27/h3-18H,2H2,1H3,(H,31,35)(H,32,33)(H,34,36). The molecule has 36 heavy (non-hydrogen) atoms. The van der Waals surface area contributed by atoms with Crippen molar-refractivity contribution in [1.29, 1.82) is 0 Å². The average Bonchev–Trinajstić information content (AvgIpc) is 3.37. The molecule has 2 aromatic heterocycles. The smallest absolute Gasteiger partial charge is 0.274 e. The molecule has 0 saturated heterocycles. The van der Waals surface area contributed by atoms with Crippen LogP contribution in [0.5, 0.6) is 0 Å². The summed E-state index contributed by atoms with van der Waals surface area (Å²) in [7, 11) is 0. The highest BCUT2D eigenvalue weighted by Crippen LogP contribution is 2.26. The van der Waals surface area contributed by atoms with Crippen LogP contribution in [-0.4, -0.2) is 26.9 Å². The van der Waals surface area contributed by atoms with Crippen molar-refractivity contribution in [3.05, 3.63) is 126 Å². The van der Waals surface area contributed by atoms with E-state index in [9.17, 15) is 4.79 Å². The molecule has 3 N–H and O–H groups in total. The Kier molecular flexibility index (Phi) is 6.36. The lowest BCUT2D eigenvalue weighted by molar-refractivity contribution is 0.102. The Bertz CT molecular complexity index is 1590. The van der Waals surface area contributed by atoms with Crippen LogP contribution in [0.25, 0.3) is 16.6 Å². The lowest BCUT2D eigenvalue weighted by Gasteiger charge is -2.15. The number of hydrogen-bond acceptors (Lipinski definition) is 4. The molecule has 0 bridgehead atoms. The van der Waals surface area contributed by atoms with E-state index in [1.54, 1.807) is 30.6 Å². The van der Waals surface area contributed by atoms with Crippen molar-refractivity contribution in [2.45, 2.75) is 6.92 Å². The highest BCUT2D eigenvalue weighted by molar-refractivity contribution is 6.12. The first kappa shape index (κ1) is 22.7. The van der Waals surface area contributed by atoms with Crippen LogP contribution < -0.4 is 10.6 Å². The van der Waals surface area contributed by atoms with Gasteiger partial charge in [-0.1, -0.05) is 55.1 Å². The van der Waals surface area contributed by atoms with Crippen LogP contribution in [0.3, 0.4) is 0 Å². The number of para-hydroxylation sites is 1. The summed E-state index contributed by atoms with van der Waals surface area (Å²) in [5.41, 5.74) is 5.98. The van der Waals surface area contributed by atoms with Gasteiger partial charge in [-0.05, 0) is 48.9 Å². The van der Waals surface area contributed by atoms with Gasteiger partial charge in [0.25, 0.3) is 5.91 Å².